The number of nitrogens with one attached hydrogen (secondary N) is 1. The number of anilines is 1. The number of carbonyl (C=O) groups is 1. The van der Waals surface area contributed by atoms with Crippen LogP contribution in [0.5, 0.6) is 0 Å². The molecule has 0 atom stereocenters. The van der Waals surface area contributed by atoms with E-state index < -0.39 is 0 Å². The van der Waals surface area contributed by atoms with Crippen LogP contribution in [0.25, 0.3) is 6.08 Å². The average molecular weight is 539 g/mol. The molecular formula is C33H38N4OS. The maximum Gasteiger partial charge on any atom is 0.253 e. The summed E-state index contributed by atoms with van der Waals surface area (Å²) in [5, 5.41) is 2.15. The molecule has 0 saturated carbocycles. The zero-order valence-corrected chi connectivity index (χ0v) is 23.6. The van der Waals surface area contributed by atoms with Crippen molar-refractivity contribution in [2.75, 3.05) is 37.4 Å². The van der Waals surface area contributed by atoms with Crippen LogP contribution < -0.4 is 15.3 Å². The van der Waals surface area contributed by atoms with Crippen LogP contribution in [0.15, 0.2) is 88.8 Å². The molecule has 0 aliphatic carbocycles. The lowest BCUT2D eigenvalue weighted by atomic mass is 10.0. The largest absolute Gasteiger partial charge is 0.337 e. The number of fused-ring (bicyclic) bond motifs is 1. The number of amides is 1. The molecule has 6 heteroatoms. The Labute approximate surface area is 236 Å². The van der Waals surface area contributed by atoms with Gasteiger partial charge in [-0.15, -0.1) is 0 Å². The molecule has 2 heterocycles. The molecule has 0 radical (unpaired) electrons. The van der Waals surface area contributed by atoms with Crippen molar-refractivity contribution < 1.29 is 4.79 Å². The molecule has 39 heavy (non-hydrogen) atoms. The molecule has 5 rings (SSSR count). The lowest BCUT2D eigenvalue weighted by Crippen LogP contribution is -2.35. The molecule has 0 spiro atoms. The Balaban J connectivity index is 1.16. The maximum atomic E-state index is 13.3. The van der Waals surface area contributed by atoms with Gasteiger partial charge in [0.25, 0.3) is 5.91 Å². The fraction of sp³-hybridized carbons (Fsp3) is 0.333. The molecule has 0 aromatic heterocycles. The van der Waals surface area contributed by atoms with Gasteiger partial charge in [-0.2, -0.15) is 0 Å². The van der Waals surface area contributed by atoms with E-state index in [-0.39, 0.29) is 5.91 Å². The van der Waals surface area contributed by atoms with Gasteiger partial charge in [0, 0.05) is 49.2 Å². The third-order valence-corrected chi connectivity index (χ3v) is 8.28. The smallest absolute Gasteiger partial charge is 0.253 e. The topological polar surface area (TPSA) is 47.9 Å². The van der Waals surface area contributed by atoms with Crippen LogP contribution in [-0.2, 0) is 13.0 Å². The zero-order chi connectivity index (χ0) is 26.9. The van der Waals surface area contributed by atoms with Crippen LogP contribution in [0.3, 0.4) is 0 Å². The van der Waals surface area contributed by atoms with Gasteiger partial charge < -0.3 is 9.62 Å². The van der Waals surface area contributed by atoms with Gasteiger partial charge in [0.05, 0.1) is 16.8 Å². The van der Waals surface area contributed by atoms with Gasteiger partial charge in [-0.05, 0) is 72.7 Å². The summed E-state index contributed by atoms with van der Waals surface area (Å²) in [5.41, 5.74) is 4.61. The molecule has 1 amide bonds. The van der Waals surface area contributed by atoms with E-state index in [9.17, 15) is 4.79 Å². The van der Waals surface area contributed by atoms with E-state index in [1.165, 1.54) is 24.0 Å². The number of carbonyl (C=O) groups excluding carboxylic acids is 1. The summed E-state index contributed by atoms with van der Waals surface area (Å²) in [6.07, 6.45) is 10.8. The van der Waals surface area contributed by atoms with E-state index in [4.69, 9.17) is 4.99 Å². The SMILES string of the molecule is CCCCc1ccccc1CN1CCCN(C(=O)c2ccc(NSc3cccc4c3=NCC=CC=4)cc2)CC1. The van der Waals surface area contributed by atoms with Crippen molar-refractivity contribution in [1.82, 2.24) is 9.80 Å². The summed E-state index contributed by atoms with van der Waals surface area (Å²) in [5.74, 6) is 0.120. The number of rotatable bonds is 9. The quantitative estimate of drug-likeness (QED) is 0.367. The predicted octanol–water partition coefficient (Wildman–Crippen LogP) is 5.47. The van der Waals surface area contributed by atoms with Crippen molar-refractivity contribution in [3.8, 4) is 0 Å². The minimum atomic E-state index is 0.120. The second kappa shape index (κ2) is 13.6. The second-order valence-electron chi connectivity index (χ2n) is 10.2. The molecule has 1 saturated heterocycles. The van der Waals surface area contributed by atoms with Gasteiger partial charge in [0.2, 0.25) is 0 Å². The van der Waals surface area contributed by atoms with E-state index in [1.807, 2.05) is 29.2 Å². The third kappa shape index (κ3) is 7.20. The summed E-state index contributed by atoms with van der Waals surface area (Å²) in [6, 6.07) is 22.9. The van der Waals surface area contributed by atoms with Gasteiger partial charge in [-0.1, -0.05) is 68.0 Å². The Bertz CT molecular complexity index is 1420. The number of allylic oxidation sites excluding steroid dienone is 1. The Morgan fingerprint density at radius 1 is 0.949 bits per heavy atom. The predicted molar refractivity (Wildman–Crippen MR) is 162 cm³/mol. The number of benzene rings is 3. The first-order valence-corrected chi connectivity index (χ1v) is 14.9. The van der Waals surface area contributed by atoms with Crippen molar-refractivity contribution in [1.29, 1.82) is 0 Å². The van der Waals surface area contributed by atoms with E-state index in [2.05, 4.69) is 77.2 Å². The highest BCUT2D eigenvalue weighted by atomic mass is 32.2. The maximum absolute atomic E-state index is 13.3. The summed E-state index contributed by atoms with van der Waals surface area (Å²) < 4.78 is 3.42. The van der Waals surface area contributed by atoms with Gasteiger partial charge >= 0.3 is 0 Å². The van der Waals surface area contributed by atoms with E-state index in [0.717, 1.165) is 72.3 Å². The summed E-state index contributed by atoms with van der Waals surface area (Å²) in [7, 11) is 0. The Morgan fingerprint density at radius 3 is 2.64 bits per heavy atom. The highest BCUT2D eigenvalue weighted by Gasteiger charge is 2.21. The molecule has 3 aromatic rings. The fourth-order valence-electron chi connectivity index (χ4n) is 5.18. The number of aryl methyl sites for hydroxylation is 1. The molecule has 0 unspecified atom stereocenters. The van der Waals surface area contributed by atoms with Crippen LogP contribution in [0.4, 0.5) is 5.69 Å². The number of hydrogen-bond acceptors (Lipinski definition) is 5. The summed E-state index contributed by atoms with van der Waals surface area (Å²) >= 11 is 1.56. The zero-order valence-electron chi connectivity index (χ0n) is 22.8. The first-order valence-electron chi connectivity index (χ1n) is 14.1. The van der Waals surface area contributed by atoms with Crippen molar-refractivity contribution in [2.45, 2.75) is 44.0 Å². The van der Waals surface area contributed by atoms with Crippen LogP contribution >= 0.6 is 11.9 Å². The molecule has 3 aromatic carbocycles. The first kappa shape index (κ1) is 27.2. The van der Waals surface area contributed by atoms with E-state index >= 15 is 0 Å². The lowest BCUT2D eigenvalue weighted by molar-refractivity contribution is 0.0761. The standard InChI is InChI=1S/C33H38N4OS/c1-2-3-10-26-11-4-5-13-29(26)25-36-21-9-22-37(24-23-36)33(38)28-16-18-30(19-17-28)35-39-31-15-8-14-27-12-6-7-20-34-32(27)31/h4-8,11-19,35H,2-3,9-10,20-25H2,1H3. The molecular weight excluding hydrogens is 500 g/mol. The molecule has 0 bridgehead atoms. The Kier molecular flexibility index (Phi) is 9.52. The molecule has 5 nitrogen and oxygen atoms in total. The van der Waals surface area contributed by atoms with Gasteiger partial charge in [-0.3, -0.25) is 14.7 Å². The average Bonchev–Trinajstić information content (AvgIpc) is 3.37. The van der Waals surface area contributed by atoms with Crippen LogP contribution in [-0.4, -0.2) is 48.4 Å². The number of nitrogens with zero attached hydrogens (tertiary/aromatic N) is 3. The normalized spacial score (nSPS) is 15.5. The monoisotopic (exact) mass is 538 g/mol. The van der Waals surface area contributed by atoms with Gasteiger partial charge in [-0.25, -0.2) is 0 Å². The van der Waals surface area contributed by atoms with Crippen molar-refractivity contribution in [2.24, 2.45) is 4.99 Å². The number of para-hydroxylation sites is 1. The highest BCUT2D eigenvalue weighted by molar-refractivity contribution is 8.00. The highest BCUT2D eigenvalue weighted by Crippen LogP contribution is 2.20. The van der Waals surface area contributed by atoms with Crippen LogP contribution in [0.2, 0.25) is 0 Å². The molecule has 1 N–H and O–H groups in total. The van der Waals surface area contributed by atoms with Crippen molar-refractivity contribution in [3.05, 3.63) is 106 Å². The minimum Gasteiger partial charge on any atom is -0.337 e. The van der Waals surface area contributed by atoms with Crippen LogP contribution in [0.1, 0.15) is 47.7 Å². The van der Waals surface area contributed by atoms with Crippen molar-refractivity contribution >= 4 is 29.6 Å². The molecule has 202 valence electrons. The van der Waals surface area contributed by atoms with E-state index in [1.54, 1.807) is 11.9 Å². The third-order valence-electron chi connectivity index (χ3n) is 7.40. The number of unbranched alkanes of at least 4 members (excludes halogenated alkanes) is 1. The van der Waals surface area contributed by atoms with Crippen LogP contribution in [0, 0.1) is 0 Å². The molecule has 1 fully saturated rings. The fourth-order valence-corrected chi connectivity index (χ4v) is 5.96. The van der Waals surface area contributed by atoms with Gasteiger partial charge in [0.1, 0.15) is 0 Å². The first-order chi connectivity index (χ1) is 19.2. The Hall–Kier alpha value is -3.35. The van der Waals surface area contributed by atoms with Crippen molar-refractivity contribution in [3.63, 3.8) is 0 Å². The molecule has 2 aliphatic rings. The lowest BCUT2D eigenvalue weighted by Gasteiger charge is -2.23. The second-order valence-corrected chi connectivity index (χ2v) is 11.1. The van der Waals surface area contributed by atoms with Gasteiger partial charge in [0.15, 0.2) is 0 Å². The summed E-state index contributed by atoms with van der Waals surface area (Å²) in [4.78, 5) is 23.7. The minimum absolute atomic E-state index is 0.120. The molecule has 2 aliphatic heterocycles. The van der Waals surface area contributed by atoms with E-state index in [0.29, 0.717) is 6.54 Å². The Morgan fingerprint density at radius 2 is 1.79 bits per heavy atom. The summed E-state index contributed by atoms with van der Waals surface area (Å²) in [6.45, 7) is 7.40. The number of hydrogen-bond donors (Lipinski definition) is 1.